The largest absolute Gasteiger partial charge is 0.428 e. The van der Waals surface area contributed by atoms with E-state index in [2.05, 4.69) is 0 Å². The third kappa shape index (κ3) is 8.29. The maximum atomic E-state index is 13.2. The second-order valence-corrected chi connectivity index (χ2v) is 10.9. The van der Waals surface area contributed by atoms with Crippen molar-refractivity contribution in [3.8, 4) is 0 Å². The Bertz CT molecular complexity index is 1030. The van der Waals surface area contributed by atoms with Gasteiger partial charge in [0.05, 0.1) is 18.0 Å². The van der Waals surface area contributed by atoms with Gasteiger partial charge < -0.3 is 25.9 Å². The van der Waals surface area contributed by atoms with Crippen molar-refractivity contribution in [3.05, 3.63) is 71.8 Å². The SMILES string of the molecule is CC(C)CS(=O)(=O)OC(=O)N(C(N)C(O)CCc1ccccc1)C(N)(Cc1ccccc1)C(C)O. The molecule has 10 heteroatoms. The molecule has 0 saturated carbocycles. The smallest absolute Gasteiger partial charge is 0.390 e. The molecule has 2 aromatic rings. The van der Waals surface area contributed by atoms with Crippen LogP contribution in [0.25, 0.3) is 0 Å². The zero-order chi connectivity index (χ0) is 26.2. The maximum Gasteiger partial charge on any atom is 0.428 e. The molecule has 2 rings (SSSR count). The average Bonchev–Trinajstić information content (AvgIpc) is 2.77. The summed E-state index contributed by atoms with van der Waals surface area (Å²) in [6, 6.07) is 18.2. The monoisotopic (exact) mass is 507 g/mol. The van der Waals surface area contributed by atoms with Gasteiger partial charge in [0.1, 0.15) is 11.8 Å². The van der Waals surface area contributed by atoms with Crippen LogP contribution in [-0.2, 0) is 27.1 Å². The predicted molar refractivity (Wildman–Crippen MR) is 134 cm³/mol. The van der Waals surface area contributed by atoms with Crippen molar-refractivity contribution in [3.63, 3.8) is 0 Å². The van der Waals surface area contributed by atoms with Crippen LogP contribution in [0.2, 0.25) is 0 Å². The van der Waals surface area contributed by atoms with Crippen LogP contribution in [0, 0.1) is 5.92 Å². The number of aryl methyl sites for hydroxylation is 1. The minimum Gasteiger partial charge on any atom is -0.390 e. The third-order valence-corrected chi connectivity index (χ3v) is 7.17. The molecule has 0 aliphatic carbocycles. The van der Waals surface area contributed by atoms with Crippen molar-refractivity contribution >= 4 is 16.2 Å². The number of hydrogen-bond donors (Lipinski definition) is 4. The summed E-state index contributed by atoms with van der Waals surface area (Å²) < 4.78 is 29.7. The van der Waals surface area contributed by atoms with Crippen molar-refractivity contribution in [1.29, 1.82) is 0 Å². The zero-order valence-corrected chi connectivity index (χ0v) is 21.3. The number of aliphatic hydroxyl groups is 2. The zero-order valence-electron chi connectivity index (χ0n) is 20.4. The highest BCUT2D eigenvalue weighted by atomic mass is 32.2. The van der Waals surface area contributed by atoms with E-state index in [-0.39, 0.29) is 18.8 Å². The fourth-order valence-corrected chi connectivity index (χ4v) is 5.00. The third-order valence-electron chi connectivity index (χ3n) is 5.70. The van der Waals surface area contributed by atoms with Gasteiger partial charge >= 0.3 is 16.2 Å². The summed E-state index contributed by atoms with van der Waals surface area (Å²) in [6.45, 7) is 4.70. The van der Waals surface area contributed by atoms with Crippen molar-refractivity contribution < 1.29 is 27.6 Å². The van der Waals surface area contributed by atoms with Crippen LogP contribution in [0.1, 0.15) is 38.3 Å². The normalized spacial score (nSPS) is 16.2. The number of hydrogen-bond acceptors (Lipinski definition) is 8. The van der Waals surface area contributed by atoms with Crippen LogP contribution in [-0.4, -0.2) is 59.4 Å². The highest BCUT2D eigenvalue weighted by molar-refractivity contribution is 7.87. The summed E-state index contributed by atoms with van der Waals surface area (Å²) >= 11 is 0. The van der Waals surface area contributed by atoms with Gasteiger partial charge in [-0.15, -0.1) is 0 Å². The quantitative estimate of drug-likeness (QED) is 0.251. The molecule has 0 saturated heterocycles. The molecule has 4 atom stereocenters. The van der Waals surface area contributed by atoms with E-state index < -0.39 is 46.0 Å². The van der Waals surface area contributed by atoms with Crippen LogP contribution < -0.4 is 11.5 Å². The molecule has 0 aliphatic rings. The number of amides is 1. The second-order valence-electron chi connectivity index (χ2n) is 9.25. The van der Waals surface area contributed by atoms with E-state index >= 15 is 0 Å². The lowest BCUT2D eigenvalue weighted by molar-refractivity contribution is -0.0572. The van der Waals surface area contributed by atoms with Crippen LogP contribution in [0.3, 0.4) is 0 Å². The fraction of sp³-hybridized carbons (Fsp3) is 0.480. The Hall–Kier alpha value is -2.50. The molecule has 0 spiro atoms. The molecule has 0 aliphatic heterocycles. The summed E-state index contributed by atoms with van der Waals surface area (Å²) in [5.41, 5.74) is 12.6. The second kappa shape index (κ2) is 12.5. The summed E-state index contributed by atoms with van der Waals surface area (Å²) in [5.74, 6) is -0.696. The number of carbonyl (C=O) groups is 1. The first-order valence-corrected chi connectivity index (χ1v) is 13.2. The van der Waals surface area contributed by atoms with Crippen LogP contribution >= 0.6 is 0 Å². The molecule has 1 amide bonds. The van der Waals surface area contributed by atoms with Gasteiger partial charge in [-0.1, -0.05) is 74.5 Å². The summed E-state index contributed by atoms with van der Waals surface area (Å²) in [4.78, 5) is 14.0. The summed E-state index contributed by atoms with van der Waals surface area (Å²) in [6.07, 6.45) is -4.89. The van der Waals surface area contributed by atoms with Gasteiger partial charge in [0.2, 0.25) is 0 Å². The van der Waals surface area contributed by atoms with Crippen molar-refractivity contribution in [2.45, 2.75) is 64.1 Å². The lowest BCUT2D eigenvalue weighted by Gasteiger charge is -2.46. The van der Waals surface area contributed by atoms with Gasteiger partial charge in [-0.05, 0) is 36.8 Å². The predicted octanol–water partition coefficient (Wildman–Crippen LogP) is 1.97. The summed E-state index contributed by atoms with van der Waals surface area (Å²) in [5, 5.41) is 21.6. The lowest BCUT2D eigenvalue weighted by atomic mass is 9.92. The highest BCUT2D eigenvalue weighted by Gasteiger charge is 2.47. The van der Waals surface area contributed by atoms with Crippen molar-refractivity contribution in [2.24, 2.45) is 17.4 Å². The van der Waals surface area contributed by atoms with Gasteiger partial charge in [-0.3, -0.25) is 4.90 Å². The molecule has 9 nitrogen and oxygen atoms in total. The van der Waals surface area contributed by atoms with E-state index in [1.165, 1.54) is 6.92 Å². The molecule has 6 N–H and O–H groups in total. The minimum atomic E-state index is -4.26. The Morgan fingerprint density at radius 2 is 1.51 bits per heavy atom. The van der Waals surface area contributed by atoms with E-state index in [9.17, 15) is 23.4 Å². The van der Waals surface area contributed by atoms with Gasteiger partial charge in [0.25, 0.3) is 0 Å². The van der Waals surface area contributed by atoms with E-state index in [0.29, 0.717) is 12.0 Å². The standard InChI is InChI=1S/C25H37N3O6S/c1-18(2)17-35(32,33)34-24(31)28(23(26)22(30)15-14-20-10-6-4-7-11-20)25(27,19(3)29)16-21-12-8-5-9-13-21/h4-13,18-19,22-23,29-30H,14-17,26-27H2,1-3H3. The molecular formula is C25H37N3O6S. The minimum absolute atomic E-state index is 0.0655. The van der Waals surface area contributed by atoms with E-state index in [1.54, 1.807) is 44.2 Å². The van der Waals surface area contributed by atoms with Crippen LogP contribution in [0.4, 0.5) is 4.79 Å². The maximum absolute atomic E-state index is 13.2. The first-order valence-electron chi connectivity index (χ1n) is 11.6. The number of nitrogens with two attached hydrogens (primary N) is 2. The molecule has 194 valence electrons. The Labute approximate surface area is 207 Å². The number of benzene rings is 2. The topological polar surface area (TPSA) is 156 Å². The van der Waals surface area contributed by atoms with Crippen molar-refractivity contribution in [2.75, 3.05) is 5.75 Å². The first kappa shape index (κ1) is 28.7. The molecule has 0 bridgehead atoms. The molecule has 4 unspecified atom stereocenters. The Morgan fingerprint density at radius 1 is 1.00 bits per heavy atom. The molecule has 2 aromatic carbocycles. The Morgan fingerprint density at radius 3 is 2.00 bits per heavy atom. The van der Waals surface area contributed by atoms with Gasteiger partial charge in [0.15, 0.2) is 0 Å². The van der Waals surface area contributed by atoms with Gasteiger partial charge in [-0.25, -0.2) is 4.79 Å². The Balaban J connectivity index is 2.39. The van der Waals surface area contributed by atoms with E-state index in [4.69, 9.17) is 15.7 Å². The van der Waals surface area contributed by atoms with Gasteiger partial charge in [-0.2, -0.15) is 8.42 Å². The van der Waals surface area contributed by atoms with Gasteiger partial charge in [0, 0.05) is 6.42 Å². The average molecular weight is 508 g/mol. The number of carbonyl (C=O) groups excluding carboxylic acids is 1. The first-order chi connectivity index (χ1) is 16.4. The molecule has 0 aromatic heterocycles. The number of nitrogens with zero attached hydrogens (tertiary/aromatic N) is 1. The van der Waals surface area contributed by atoms with E-state index in [1.807, 2.05) is 30.3 Å². The van der Waals surface area contributed by atoms with Crippen molar-refractivity contribution in [1.82, 2.24) is 4.90 Å². The van der Waals surface area contributed by atoms with Crippen LogP contribution in [0.15, 0.2) is 60.7 Å². The van der Waals surface area contributed by atoms with E-state index in [0.717, 1.165) is 10.5 Å². The highest BCUT2D eigenvalue weighted by Crippen LogP contribution is 2.26. The molecule has 0 heterocycles. The molecular weight excluding hydrogens is 470 g/mol. The summed E-state index contributed by atoms with van der Waals surface area (Å²) in [7, 11) is -4.26. The molecule has 0 fully saturated rings. The fourth-order valence-electron chi connectivity index (χ4n) is 3.82. The lowest BCUT2D eigenvalue weighted by Crippen LogP contribution is -2.72. The number of rotatable bonds is 12. The molecule has 0 radical (unpaired) electrons. The molecule has 35 heavy (non-hydrogen) atoms. The Kier molecular flexibility index (Phi) is 10.2. The van der Waals surface area contributed by atoms with Crippen LogP contribution in [0.5, 0.6) is 0 Å². The number of aliphatic hydroxyl groups excluding tert-OH is 2.